The largest absolute Gasteiger partial charge is 0.493 e. The first-order chi connectivity index (χ1) is 19.4. The van der Waals surface area contributed by atoms with E-state index in [1.807, 2.05) is 54.6 Å². The van der Waals surface area contributed by atoms with Crippen LogP contribution in [0.1, 0.15) is 49.9 Å². The molecule has 1 unspecified atom stereocenters. The number of aliphatic hydroxyl groups is 1. The number of amides is 3. The lowest BCUT2D eigenvalue weighted by Gasteiger charge is -2.37. The van der Waals surface area contributed by atoms with E-state index in [1.54, 1.807) is 24.0 Å². The minimum Gasteiger partial charge on any atom is -0.493 e. The Bertz CT molecular complexity index is 1410. The van der Waals surface area contributed by atoms with Crippen LogP contribution >= 0.6 is 0 Å². The maximum absolute atomic E-state index is 13.3. The van der Waals surface area contributed by atoms with Crippen LogP contribution in [0.4, 0.5) is 4.79 Å². The SMILES string of the molecule is CCOc1cc2c(cc1C(=O)NCC(O)[C@@H]1Cc3ccccc3CN1C(=O)O)CN(CCc1ccccc1)C2=O. The Kier molecular flexibility index (Phi) is 8.02. The van der Waals surface area contributed by atoms with Crippen molar-refractivity contribution in [1.29, 1.82) is 0 Å². The zero-order valence-corrected chi connectivity index (χ0v) is 22.4. The van der Waals surface area contributed by atoms with Crippen LogP contribution in [-0.2, 0) is 25.9 Å². The number of ether oxygens (including phenoxy) is 1. The molecular weight excluding hydrogens is 510 g/mol. The summed E-state index contributed by atoms with van der Waals surface area (Å²) in [7, 11) is 0. The molecule has 3 aromatic rings. The number of carbonyl (C=O) groups is 3. The number of aliphatic hydroxyl groups excluding tert-OH is 1. The molecule has 3 N–H and O–H groups in total. The van der Waals surface area contributed by atoms with E-state index >= 15 is 0 Å². The summed E-state index contributed by atoms with van der Waals surface area (Å²) < 4.78 is 5.73. The van der Waals surface area contributed by atoms with Crippen LogP contribution in [0.5, 0.6) is 5.75 Å². The first-order valence-corrected chi connectivity index (χ1v) is 13.5. The molecule has 9 heteroatoms. The second-order valence-electron chi connectivity index (χ2n) is 10.1. The molecule has 2 aliphatic heterocycles. The summed E-state index contributed by atoms with van der Waals surface area (Å²) in [6.45, 7) is 3.09. The van der Waals surface area contributed by atoms with Crippen LogP contribution in [0.15, 0.2) is 66.7 Å². The second-order valence-corrected chi connectivity index (χ2v) is 10.1. The molecule has 0 bridgehead atoms. The minimum atomic E-state index is -1.12. The van der Waals surface area contributed by atoms with Crippen molar-refractivity contribution in [2.45, 2.75) is 45.0 Å². The highest BCUT2D eigenvalue weighted by atomic mass is 16.5. The molecule has 5 rings (SSSR count). The lowest BCUT2D eigenvalue weighted by atomic mass is 9.91. The fraction of sp³-hybridized carbons (Fsp3) is 0.323. The number of fused-ring (bicyclic) bond motifs is 2. The molecule has 0 saturated heterocycles. The molecule has 0 spiro atoms. The Hall–Kier alpha value is -4.37. The number of hydrogen-bond donors (Lipinski definition) is 3. The van der Waals surface area contributed by atoms with E-state index in [1.165, 1.54) is 4.90 Å². The maximum atomic E-state index is 13.3. The van der Waals surface area contributed by atoms with Crippen molar-refractivity contribution >= 4 is 17.9 Å². The van der Waals surface area contributed by atoms with Crippen molar-refractivity contribution < 1.29 is 29.3 Å². The predicted molar refractivity (Wildman–Crippen MR) is 148 cm³/mol. The van der Waals surface area contributed by atoms with Crippen LogP contribution in [-0.4, -0.2) is 69.8 Å². The third-order valence-electron chi connectivity index (χ3n) is 7.59. The molecule has 208 valence electrons. The van der Waals surface area contributed by atoms with Gasteiger partial charge >= 0.3 is 6.09 Å². The fourth-order valence-corrected chi connectivity index (χ4v) is 5.47. The van der Waals surface area contributed by atoms with Crippen molar-refractivity contribution in [3.05, 3.63) is 100 Å². The summed E-state index contributed by atoms with van der Waals surface area (Å²) in [4.78, 5) is 41.3. The summed E-state index contributed by atoms with van der Waals surface area (Å²) >= 11 is 0. The van der Waals surface area contributed by atoms with E-state index in [2.05, 4.69) is 5.32 Å². The first-order valence-electron chi connectivity index (χ1n) is 13.5. The Labute approximate surface area is 233 Å². The Morgan fingerprint density at radius 1 is 1.02 bits per heavy atom. The van der Waals surface area contributed by atoms with Gasteiger partial charge in [-0.2, -0.15) is 0 Å². The minimum absolute atomic E-state index is 0.0967. The van der Waals surface area contributed by atoms with Gasteiger partial charge in [0, 0.05) is 31.7 Å². The van der Waals surface area contributed by atoms with Crippen molar-refractivity contribution in [3.63, 3.8) is 0 Å². The summed E-state index contributed by atoms with van der Waals surface area (Å²) in [5.74, 6) is -0.260. The van der Waals surface area contributed by atoms with Crippen molar-refractivity contribution in [1.82, 2.24) is 15.1 Å². The van der Waals surface area contributed by atoms with Crippen LogP contribution in [0.25, 0.3) is 0 Å². The molecule has 3 aromatic carbocycles. The third-order valence-corrected chi connectivity index (χ3v) is 7.59. The molecule has 0 aliphatic carbocycles. The number of carboxylic acid groups (broad SMARTS) is 1. The van der Waals surface area contributed by atoms with Crippen LogP contribution in [0.3, 0.4) is 0 Å². The number of nitrogens with zero attached hydrogens (tertiary/aromatic N) is 2. The van der Waals surface area contributed by atoms with Gasteiger partial charge in [0.25, 0.3) is 11.8 Å². The van der Waals surface area contributed by atoms with Gasteiger partial charge in [-0.25, -0.2) is 4.79 Å². The topological polar surface area (TPSA) is 119 Å². The highest BCUT2D eigenvalue weighted by Gasteiger charge is 2.35. The lowest BCUT2D eigenvalue weighted by Crippen LogP contribution is -2.53. The van der Waals surface area contributed by atoms with E-state index in [9.17, 15) is 24.6 Å². The second kappa shape index (κ2) is 11.8. The first kappa shape index (κ1) is 27.2. The maximum Gasteiger partial charge on any atom is 0.407 e. The molecule has 40 heavy (non-hydrogen) atoms. The lowest BCUT2D eigenvalue weighted by molar-refractivity contribution is 0.0382. The van der Waals surface area contributed by atoms with Gasteiger partial charge in [0.05, 0.1) is 24.3 Å². The Balaban J connectivity index is 1.28. The molecule has 2 heterocycles. The van der Waals surface area contributed by atoms with Crippen molar-refractivity contribution in [2.24, 2.45) is 0 Å². The standard InChI is InChI=1S/C31H33N3O6/c1-2-40-28-16-24-23(18-33(30(24)37)13-12-20-8-4-3-5-9-20)14-25(28)29(36)32-17-27(35)26-15-21-10-6-7-11-22(21)19-34(26)31(38)39/h3-11,14,16,26-27,35H,2,12-13,15,17-19H2,1H3,(H,32,36)(H,38,39)/t26-,27?/m0/s1. The normalized spacial score (nSPS) is 16.8. The van der Waals surface area contributed by atoms with E-state index in [0.29, 0.717) is 37.4 Å². The van der Waals surface area contributed by atoms with Gasteiger partial charge in [-0.15, -0.1) is 0 Å². The summed E-state index contributed by atoms with van der Waals surface area (Å²) in [6.07, 6.45) is -1.16. The molecule has 0 radical (unpaired) electrons. The predicted octanol–water partition coefficient (Wildman–Crippen LogP) is 3.48. The molecule has 2 atom stereocenters. The average molecular weight is 544 g/mol. The van der Waals surface area contributed by atoms with Crippen LogP contribution < -0.4 is 10.1 Å². The zero-order chi connectivity index (χ0) is 28.2. The number of nitrogens with one attached hydrogen (secondary N) is 1. The number of hydrogen-bond acceptors (Lipinski definition) is 5. The quantitative estimate of drug-likeness (QED) is 0.380. The van der Waals surface area contributed by atoms with Gasteiger partial charge in [0.1, 0.15) is 5.75 Å². The summed E-state index contributed by atoms with van der Waals surface area (Å²) in [6, 6.07) is 20.1. The Morgan fingerprint density at radius 3 is 2.48 bits per heavy atom. The number of carbonyl (C=O) groups excluding carboxylic acids is 2. The molecule has 9 nitrogen and oxygen atoms in total. The molecule has 0 aromatic heterocycles. The monoisotopic (exact) mass is 543 g/mol. The molecule has 2 aliphatic rings. The van der Waals surface area contributed by atoms with Gasteiger partial charge in [0.15, 0.2) is 0 Å². The highest BCUT2D eigenvalue weighted by Crippen LogP contribution is 2.31. The van der Waals surface area contributed by atoms with Crippen LogP contribution in [0.2, 0.25) is 0 Å². The molecule has 0 saturated carbocycles. The van der Waals surface area contributed by atoms with E-state index < -0.39 is 24.1 Å². The van der Waals surface area contributed by atoms with Crippen molar-refractivity contribution in [3.8, 4) is 5.75 Å². The van der Waals surface area contributed by atoms with Crippen LogP contribution in [0, 0.1) is 0 Å². The van der Waals surface area contributed by atoms with Gasteiger partial charge in [0.2, 0.25) is 0 Å². The van der Waals surface area contributed by atoms with E-state index in [-0.39, 0.29) is 24.6 Å². The zero-order valence-electron chi connectivity index (χ0n) is 22.4. The van der Waals surface area contributed by atoms with Gasteiger partial charge in [-0.1, -0.05) is 54.6 Å². The molecular formula is C31H33N3O6. The van der Waals surface area contributed by atoms with Crippen molar-refractivity contribution in [2.75, 3.05) is 19.7 Å². The molecule has 0 fully saturated rings. The van der Waals surface area contributed by atoms with E-state index in [0.717, 1.165) is 28.7 Å². The summed E-state index contributed by atoms with van der Waals surface area (Å²) in [5, 5.41) is 23.5. The summed E-state index contributed by atoms with van der Waals surface area (Å²) in [5.41, 5.74) is 4.56. The average Bonchev–Trinajstić information content (AvgIpc) is 3.28. The Morgan fingerprint density at radius 2 is 1.75 bits per heavy atom. The van der Waals surface area contributed by atoms with Gasteiger partial charge < -0.3 is 25.2 Å². The number of rotatable bonds is 9. The van der Waals surface area contributed by atoms with Gasteiger partial charge in [-0.3, -0.25) is 14.5 Å². The highest BCUT2D eigenvalue weighted by molar-refractivity contribution is 6.03. The number of benzene rings is 3. The third kappa shape index (κ3) is 5.65. The van der Waals surface area contributed by atoms with E-state index in [4.69, 9.17) is 4.74 Å². The fourth-order valence-electron chi connectivity index (χ4n) is 5.47. The molecule has 3 amide bonds. The van der Waals surface area contributed by atoms with Gasteiger partial charge in [-0.05, 0) is 54.2 Å². The smallest absolute Gasteiger partial charge is 0.407 e.